The van der Waals surface area contributed by atoms with Gasteiger partial charge in [-0.2, -0.15) is 0 Å². The summed E-state index contributed by atoms with van der Waals surface area (Å²) in [6, 6.07) is 65.4. The summed E-state index contributed by atoms with van der Waals surface area (Å²) in [6.07, 6.45) is 0. The van der Waals surface area contributed by atoms with E-state index in [1.807, 2.05) is 24.3 Å². The van der Waals surface area contributed by atoms with E-state index in [-0.39, 0.29) is 0 Å². The standard InChI is InChI=1S/C50H31N5/c1-3-14-35(15-4-1)50-54-48-44(55(50)38-17-5-2-6-18-38)30-29-40-39-19-9-11-21-42(39)51-47(45(40)48)33-24-26-34(27-25-33)49-52-43-22-12-10-20-41(43)46(53-49)37-28-23-32-13-7-8-16-36(32)31-37/h1-31H. The van der Waals surface area contributed by atoms with Gasteiger partial charge in [0.05, 0.1) is 33.5 Å². The third kappa shape index (κ3) is 5.17. The van der Waals surface area contributed by atoms with Gasteiger partial charge in [0.2, 0.25) is 0 Å². The van der Waals surface area contributed by atoms with E-state index in [2.05, 4.69) is 168 Å². The average Bonchev–Trinajstić information content (AvgIpc) is 3.66. The van der Waals surface area contributed by atoms with Crippen LogP contribution in [0, 0.1) is 0 Å². The minimum absolute atomic E-state index is 0.682. The van der Waals surface area contributed by atoms with E-state index in [1.165, 1.54) is 10.8 Å². The molecule has 55 heavy (non-hydrogen) atoms. The Kier molecular flexibility index (Phi) is 7.10. The van der Waals surface area contributed by atoms with Gasteiger partial charge in [-0.15, -0.1) is 0 Å². The predicted octanol–water partition coefficient (Wildman–Crippen LogP) is 12.5. The largest absolute Gasteiger partial charge is 0.292 e. The van der Waals surface area contributed by atoms with Crippen LogP contribution < -0.4 is 0 Å². The van der Waals surface area contributed by atoms with Crippen LogP contribution in [0.5, 0.6) is 0 Å². The molecule has 5 heteroatoms. The minimum Gasteiger partial charge on any atom is -0.292 e. The monoisotopic (exact) mass is 701 g/mol. The Hall–Kier alpha value is -7.50. The Labute approximate surface area is 316 Å². The number of pyridine rings is 1. The highest BCUT2D eigenvalue weighted by atomic mass is 15.1. The zero-order chi connectivity index (χ0) is 36.3. The van der Waals surface area contributed by atoms with Gasteiger partial charge in [-0.1, -0.05) is 152 Å². The zero-order valence-corrected chi connectivity index (χ0v) is 29.6. The molecule has 0 radical (unpaired) electrons. The Morgan fingerprint density at radius 2 is 1.00 bits per heavy atom. The number of rotatable bonds is 5. The Morgan fingerprint density at radius 1 is 0.364 bits per heavy atom. The summed E-state index contributed by atoms with van der Waals surface area (Å²) in [6.45, 7) is 0. The second-order valence-electron chi connectivity index (χ2n) is 13.9. The first-order chi connectivity index (χ1) is 27.3. The predicted molar refractivity (Wildman–Crippen MR) is 226 cm³/mol. The first-order valence-corrected chi connectivity index (χ1v) is 18.5. The molecule has 0 amide bonds. The lowest BCUT2D eigenvalue weighted by molar-refractivity contribution is 1.10. The van der Waals surface area contributed by atoms with Gasteiger partial charge in [-0.05, 0) is 52.6 Å². The van der Waals surface area contributed by atoms with Crippen molar-refractivity contribution in [3.63, 3.8) is 0 Å². The number of para-hydroxylation sites is 3. The number of hydrogen-bond donors (Lipinski definition) is 0. The molecular formula is C50H31N5. The van der Waals surface area contributed by atoms with Crippen molar-refractivity contribution in [2.45, 2.75) is 0 Å². The summed E-state index contributed by atoms with van der Waals surface area (Å²) in [5.41, 5.74) is 10.7. The zero-order valence-electron chi connectivity index (χ0n) is 29.6. The van der Waals surface area contributed by atoms with Crippen molar-refractivity contribution < 1.29 is 0 Å². The van der Waals surface area contributed by atoms with Crippen LogP contribution >= 0.6 is 0 Å². The van der Waals surface area contributed by atoms with Gasteiger partial charge in [0.15, 0.2) is 5.82 Å². The first-order valence-electron chi connectivity index (χ1n) is 18.5. The van der Waals surface area contributed by atoms with Crippen LogP contribution in [-0.2, 0) is 0 Å². The van der Waals surface area contributed by atoms with Crippen molar-refractivity contribution in [1.82, 2.24) is 24.5 Å². The summed E-state index contributed by atoms with van der Waals surface area (Å²) in [5.74, 6) is 1.57. The third-order valence-corrected chi connectivity index (χ3v) is 10.6. The summed E-state index contributed by atoms with van der Waals surface area (Å²) in [4.78, 5) is 21.1. The maximum atomic E-state index is 5.43. The second-order valence-corrected chi connectivity index (χ2v) is 13.9. The van der Waals surface area contributed by atoms with E-state index in [9.17, 15) is 0 Å². The van der Waals surface area contributed by atoms with Gasteiger partial charge >= 0.3 is 0 Å². The molecule has 0 N–H and O–H groups in total. The molecule has 256 valence electrons. The van der Waals surface area contributed by atoms with Crippen molar-refractivity contribution in [2.75, 3.05) is 0 Å². The average molecular weight is 702 g/mol. The Bertz CT molecular complexity index is 3240. The second kappa shape index (κ2) is 12.6. The molecule has 0 aliphatic heterocycles. The number of hydrogen-bond acceptors (Lipinski definition) is 4. The van der Waals surface area contributed by atoms with Crippen LogP contribution in [0.1, 0.15) is 0 Å². The van der Waals surface area contributed by atoms with E-state index in [0.29, 0.717) is 5.82 Å². The molecule has 3 aromatic heterocycles. The topological polar surface area (TPSA) is 56.5 Å². The molecule has 0 fully saturated rings. The SMILES string of the molecule is c1ccc(-c2nc3c4c(-c5ccc(-c6nc(-c7ccc8ccccc8c7)c7ccccc7n6)cc5)nc5ccccc5c4ccc3n2-c2ccccc2)cc1. The smallest absolute Gasteiger partial charge is 0.160 e. The molecule has 8 aromatic carbocycles. The fourth-order valence-corrected chi connectivity index (χ4v) is 7.95. The maximum Gasteiger partial charge on any atom is 0.160 e. The number of benzene rings is 8. The van der Waals surface area contributed by atoms with Crippen molar-refractivity contribution in [3.05, 3.63) is 188 Å². The van der Waals surface area contributed by atoms with Gasteiger partial charge in [0.1, 0.15) is 5.82 Å². The summed E-state index contributed by atoms with van der Waals surface area (Å²) in [7, 11) is 0. The van der Waals surface area contributed by atoms with E-state index in [4.69, 9.17) is 19.9 Å². The molecule has 0 unspecified atom stereocenters. The Morgan fingerprint density at radius 3 is 1.80 bits per heavy atom. The molecule has 0 spiro atoms. The van der Waals surface area contributed by atoms with E-state index in [0.717, 1.165) is 88.8 Å². The molecule has 0 aliphatic carbocycles. The van der Waals surface area contributed by atoms with Crippen molar-refractivity contribution in [3.8, 4) is 51.0 Å². The van der Waals surface area contributed by atoms with Gasteiger partial charge < -0.3 is 0 Å². The quantitative estimate of drug-likeness (QED) is 0.168. The molecule has 0 saturated carbocycles. The van der Waals surface area contributed by atoms with E-state index >= 15 is 0 Å². The summed E-state index contributed by atoms with van der Waals surface area (Å²) < 4.78 is 2.26. The highest BCUT2D eigenvalue weighted by molar-refractivity contribution is 6.20. The first kappa shape index (κ1) is 31.1. The summed E-state index contributed by atoms with van der Waals surface area (Å²) >= 11 is 0. The van der Waals surface area contributed by atoms with Crippen LogP contribution in [0.4, 0.5) is 0 Å². The van der Waals surface area contributed by atoms with Crippen LogP contribution in [0.2, 0.25) is 0 Å². The van der Waals surface area contributed by atoms with Gasteiger partial charge in [-0.25, -0.2) is 19.9 Å². The highest BCUT2D eigenvalue weighted by Crippen LogP contribution is 2.40. The number of fused-ring (bicyclic) bond motifs is 7. The molecule has 0 saturated heterocycles. The van der Waals surface area contributed by atoms with Gasteiger partial charge in [0.25, 0.3) is 0 Å². The van der Waals surface area contributed by atoms with Gasteiger partial charge in [-0.3, -0.25) is 4.57 Å². The molecule has 0 aliphatic rings. The van der Waals surface area contributed by atoms with Crippen LogP contribution in [0.3, 0.4) is 0 Å². The summed E-state index contributed by atoms with van der Waals surface area (Å²) in [5, 5.41) is 6.65. The highest BCUT2D eigenvalue weighted by Gasteiger charge is 2.21. The van der Waals surface area contributed by atoms with Crippen LogP contribution in [-0.4, -0.2) is 24.5 Å². The normalized spacial score (nSPS) is 11.6. The van der Waals surface area contributed by atoms with E-state index in [1.54, 1.807) is 0 Å². The number of aromatic nitrogens is 5. The molecule has 0 bridgehead atoms. The fourth-order valence-electron chi connectivity index (χ4n) is 7.95. The lowest BCUT2D eigenvalue weighted by Crippen LogP contribution is -1.97. The number of imidazole rings is 1. The molecule has 11 rings (SSSR count). The van der Waals surface area contributed by atoms with Crippen molar-refractivity contribution in [2.24, 2.45) is 0 Å². The van der Waals surface area contributed by atoms with Gasteiger partial charge in [0, 0.05) is 44.1 Å². The lowest BCUT2D eigenvalue weighted by Gasteiger charge is -2.13. The maximum absolute atomic E-state index is 5.43. The fraction of sp³-hybridized carbons (Fsp3) is 0. The molecule has 0 atom stereocenters. The van der Waals surface area contributed by atoms with Crippen molar-refractivity contribution >= 4 is 54.4 Å². The number of nitrogens with zero attached hydrogens (tertiary/aromatic N) is 5. The molecular weight excluding hydrogens is 671 g/mol. The molecule has 11 aromatic rings. The van der Waals surface area contributed by atoms with Crippen LogP contribution in [0.25, 0.3) is 105 Å². The Balaban J connectivity index is 1.11. The minimum atomic E-state index is 0.682. The molecule has 3 heterocycles. The third-order valence-electron chi connectivity index (χ3n) is 10.6. The van der Waals surface area contributed by atoms with E-state index < -0.39 is 0 Å². The van der Waals surface area contributed by atoms with Crippen molar-refractivity contribution in [1.29, 1.82) is 0 Å². The van der Waals surface area contributed by atoms with Crippen LogP contribution in [0.15, 0.2) is 188 Å². The molecule has 5 nitrogen and oxygen atoms in total. The lowest BCUT2D eigenvalue weighted by atomic mass is 9.98.